The molecular weight excluding hydrogens is 248 g/mol. The van der Waals surface area contributed by atoms with Crippen molar-refractivity contribution in [1.82, 2.24) is 4.90 Å². The number of amides is 1. The zero-order chi connectivity index (χ0) is 13.8. The number of piperidine rings is 1. The van der Waals surface area contributed by atoms with Gasteiger partial charge in [-0.05, 0) is 38.2 Å². The number of likely N-dealkylation sites (tertiary alicyclic amines) is 1. The van der Waals surface area contributed by atoms with Gasteiger partial charge in [-0.2, -0.15) is 0 Å². The minimum absolute atomic E-state index is 0.295. The molecule has 0 N–H and O–H groups in total. The summed E-state index contributed by atoms with van der Waals surface area (Å²) in [6.45, 7) is 2.16. The van der Waals surface area contributed by atoms with E-state index in [9.17, 15) is 13.6 Å². The molecule has 1 aromatic carbocycles. The van der Waals surface area contributed by atoms with E-state index in [1.54, 1.807) is 11.8 Å². The Morgan fingerprint density at radius 1 is 1.37 bits per heavy atom. The minimum Gasteiger partial charge on any atom is -0.325 e. The maximum absolute atomic E-state index is 13.8. The lowest BCUT2D eigenvalue weighted by molar-refractivity contribution is -0.128. The molecule has 1 amide bonds. The van der Waals surface area contributed by atoms with Crippen LogP contribution in [0.25, 0.3) is 0 Å². The maximum Gasteiger partial charge on any atom is 0.298 e. The molecule has 1 saturated heterocycles. The fraction of sp³-hybridized carbons (Fsp3) is 0.400. The highest BCUT2D eigenvalue weighted by Crippen LogP contribution is 2.32. The predicted molar refractivity (Wildman–Crippen MR) is 68.1 cm³/mol. The van der Waals surface area contributed by atoms with Crippen molar-refractivity contribution in [3.05, 3.63) is 35.4 Å². The van der Waals surface area contributed by atoms with Crippen molar-refractivity contribution in [2.24, 2.45) is 0 Å². The average Bonchev–Trinajstić information content (AvgIpc) is 2.39. The van der Waals surface area contributed by atoms with E-state index >= 15 is 0 Å². The van der Waals surface area contributed by atoms with Crippen LogP contribution in [0, 0.1) is 23.5 Å². The quantitative estimate of drug-likeness (QED) is 0.713. The smallest absolute Gasteiger partial charge is 0.298 e. The van der Waals surface area contributed by atoms with Crippen molar-refractivity contribution < 1.29 is 13.6 Å². The van der Waals surface area contributed by atoms with Crippen molar-refractivity contribution in [2.45, 2.75) is 32.2 Å². The van der Waals surface area contributed by atoms with Crippen LogP contribution in [0.5, 0.6) is 0 Å². The molecule has 0 spiro atoms. The van der Waals surface area contributed by atoms with E-state index in [-0.39, 0.29) is 11.9 Å². The third-order valence-corrected chi connectivity index (χ3v) is 3.32. The molecule has 19 heavy (non-hydrogen) atoms. The highest BCUT2D eigenvalue weighted by atomic mass is 19.1. The van der Waals surface area contributed by atoms with E-state index in [2.05, 4.69) is 11.8 Å². The summed E-state index contributed by atoms with van der Waals surface area (Å²) in [5.74, 6) is 3.55. The van der Waals surface area contributed by atoms with Gasteiger partial charge in [0.15, 0.2) is 0 Å². The van der Waals surface area contributed by atoms with Gasteiger partial charge in [0, 0.05) is 18.2 Å². The van der Waals surface area contributed by atoms with Crippen molar-refractivity contribution in [2.75, 3.05) is 6.54 Å². The Bertz CT molecular complexity index is 545. The lowest BCUT2D eigenvalue weighted by Gasteiger charge is -2.34. The van der Waals surface area contributed by atoms with Gasteiger partial charge in [0.2, 0.25) is 0 Å². The third-order valence-electron chi connectivity index (χ3n) is 3.32. The first-order valence-electron chi connectivity index (χ1n) is 6.32. The Kier molecular flexibility index (Phi) is 4.16. The standard InChI is InChI=1S/C15H15F2NO/c1-2-5-15(19)18-9-4-3-6-14(18)12-8-7-11(16)10-13(12)17/h7-8,10,14H,3-4,6,9H2,1H3/t14-/m0/s1. The van der Waals surface area contributed by atoms with Crippen LogP contribution >= 0.6 is 0 Å². The van der Waals surface area contributed by atoms with Gasteiger partial charge >= 0.3 is 0 Å². The average molecular weight is 263 g/mol. The number of carbonyl (C=O) groups excluding carboxylic acids is 1. The Morgan fingerprint density at radius 2 is 2.16 bits per heavy atom. The minimum atomic E-state index is -0.608. The molecule has 0 aliphatic carbocycles. The van der Waals surface area contributed by atoms with Crippen LogP contribution in [0.4, 0.5) is 8.78 Å². The number of rotatable bonds is 1. The summed E-state index contributed by atoms with van der Waals surface area (Å²) in [5.41, 5.74) is 0.368. The largest absolute Gasteiger partial charge is 0.325 e. The molecule has 2 rings (SSSR count). The maximum atomic E-state index is 13.8. The van der Waals surface area contributed by atoms with Crippen LogP contribution in [0.15, 0.2) is 18.2 Å². The SMILES string of the molecule is CC#CC(=O)N1CCCC[C@H]1c1ccc(F)cc1F. The highest BCUT2D eigenvalue weighted by Gasteiger charge is 2.29. The van der Waals surface area contributed by atoms with Gasteiger partial charge in [-0.25, -0.2) is 8.78 Å². The molecule has 0 saturated carbocycles. The first-order valence-corrected chi connectivity index (χ1v) is 6.32. The lowest BCUT2D eigenvalue weighted by atomic mass is 9.94. The Morgan fingerprint density at radius 3 is 2.84 bits per heavy atom. The van der Waals surface area contributed by atoms with E-state index in [4.69, 9.17) is 0 Å². The second kappa shape index (κ2) is 5.83. The molecule has 1 heterocycles. The Hall–Kier alpha value is -1.89. The Labute approximate surface area is 111 Å². The van der Waals surface area contributed by atoms with Crippen LogP contribution in [-0.2, 0) is 4.79 Å². The van der Waals surface area contributed by atoms with Crippen LogP contribution in [0.3, 0.4) is 0 Å². The fourth-order valence-electron chi connectivity index (χ4n) is 2.45. The molecule has 0 unspecified atom stereocenters. The summed E-state index contributed by atoms with van der Waals surface area (Å²) in [6, 6.07) is 3.15. The molecule has 0 aromatic heterocycles. The fourth-order valence-corrected chi connectivity index (χ4v) is 2.45. The van der Waals surface area contributed by atoms with E-state index in [0.717, 1.165) is 18.9 Å². The molecule has 0 bridgehead atoms. The summed E-state index contributed by atoms with van der Waals surface area (Å²) in [5, 5.41) is 0. The Balaban J connectivity index is 2.33. The van der Waals surface area contributed by atoms with Crippen LogP contribution in [0.1, 0.15) is 37.8 Å². The van der Waals surface area contributed by atoms with E-state index < -0.39 is 11.6 Å². The van der Waals surface area contributed by atoms with Crippen molar-refractivity contribution >= 4 is 5.91 Å². The first-order chi connectivity index (χ1) is 9.13. The molecule has 1 fully saturated rings. The second-order valence-electron chi connectivity index (χ2n) is 4.55. The molecule has 0 radical (unpaired) electrons. The monoisotopic (exact) mass is 263 g/mol. The number of hydrogen-bond donors (Lipinski definition) is 0. The number of carbonyl (C=O) groups is 1. The zero-order valence-corrected chi connectivity index (χ0v) is 10.7. The molecule has 4 heteroatoms. The predicted octanol–water partition coefficient (Wildman–Crippen LogP) is 3.04. The highest BCUT2D eigenvalue weighted by molar-refractivity contribution is 5.93. The lowest BCUT2D eigenvalue weighted by Crippen LogP contribution is -2.38. The number of hydrogen-bond acceptors (Lipinski definition) is 1. The summed E-state index contributed by atoms with van der Waals surface area (Å²) in [6.07, 6.45) is 2.49. The molecule has 100 valence electrons. The zero-order valence-electron chi connectivity index (χ0n) is 10.7. The summed E-state index contributed by atoms with van der Waals surface area (Å²) >= 11 is 0. The molecule has 1 aliphatic rings. The topological polar surface area (TPSA) is 20.3 Å². The summed E-state index contributed by atoms with van der Waals surface area (Å²) in [4.78, 5) is 13.5. The van der Waals surface area contributed by atoms with Crippen molar-refractivity contribution in [3.8, 4) is 11.8 Å². The van der Waals surface area contributed by atoms with Crippen LogP contribution in [0.2, 0.25) is 0 Å². The summed E-state index contributed by atoms with van der Waals surface area (Å²) in [7, 11) is 0. The first kappa shape index (κ1) is 13.5. The van der Waals surface area contributed by atoms with Crippen molar-refractivity contribution in [1.29, 1.82) is 0 Å². The molecule has 1 atom stereocenters. The second-order valence-corrected chi connectivity index (χ2v) is 4.55. The van der Waals surface area contributed by atoms with Crippen molar-refractivity contribution in [3.63, 3.8) is 0 Å². The van der Waals surface area contributed by atoms with E-state index in [1.807, 2.05) is 0 Å². The normalized spacial score (nSPS) is 18.7. The number of halogens is 2. The number of benzene rings is 1. The van der Waals surface area contributed by atoms with E-state index in [0.29, 0.717) is 18.5 Å². The molecule has 2 nitrogen and oxygen atoms in total. The summed E-state index contributed by atoms with van der Waals surface area (Å²) < 4.78 is 26.8. The van der Waals surface area contributed by atoms with Crippen LogP contribution < -0.4 is 0 Å². The van der Waals surface area contributed by atoms with Gasteiger partial charge in [0.1, 0.15) is 11.6 Å². The van der Waals surface area contributed by atoms with Crippen LogP contribution in [-0.4, -0.2) is 17.4 Å². The molecule has 1 aromatic rings. The van der Waals surface area contributed by atoms with Gasteiger partial charge in [0.05, 0.1) is 6.04 Å². The molecular formula is C15H15F2NO. The van der Waals surface area contributed by atoms with Gasteiger partial charge in [-0.1, -0.05) is 12.0 Å². The number of nitrogens with zero attached hydrogens (tertiary/aromatic N) is 1. The molecule has 1 aliphatic heterocycles. The van der Waals surface area contributed by atoms with E-state index in [1.165, 1.54) is 12.1 Å². The van der Waals surface area contributed by atoms with Gasteiger partial charge < -0.3 is 4.90 Å². The van der Waals surface area contributed by atoms with Gasteiger partial charge in [0.25, 0.3) is 5.91 Å². The van der Waals surface area contributed by atoms with Gasteiger partial charge in [-0.3, -0.25) is 4.79 Å². The van der Waals surface area contributed by atoms with Gasteiger partial charge in [-0.15, -0.1) is 0 Å². The third kappa shape index (κ3) is 2.93.